The Kier molecular flexibility index (Phi) is 5.45. The van der Waals surface area contributed by atoms with Gasteiger partial charge in [-0.05, 0) is 49.5 Å². The molecule has 0 unspecified atom stereocenters. The van der Waals surface area contributed by atoms with E-state index >= 15 is 0 Å². The predicted octanol–water partition coefficient (Wildman–Crippen LogP) is 2.39. The number of rotatable bonds is 8. The number of anilines is 3. The molecule has 134 valence electrons. The summed E-state index contributed by atoms with van der Waals surface area (Å²) in [4.78, 5) is 4.44. The Labute approximate surface area is 151 Å². The number of nitrogens with zero attached hydrogens (tertiary/aromatic N) is 2. The molecule has 0 amide bonds. The van der Waals surface area contributed by atoms with Crippen molar-refractivity contribution in [1.29, 1.82) is 5.41 Å². The molecule has 0 spiro atoms. The Hall–Kier alpha value is -3.39. The van der Waals surface area contributed by atoms with Crippen LogP contribution in [0.5, 0.6) is 5.75 Å². The van der Waals surface area contributed by atoms with E-state index in [0.717, 1.165) is 23.5 Å². The summed E-state index contributed by atoms with van der Waals surface area (Å²) in [5.74, 6) is 1.90. The number of ether oxygens (including phenoxy) is 1. The lowest BCUT2D eigenvalue weighted by Gasteiger charge is -2.06. The highest BCUT2D eigenvalue weighted by Crippen LogP contribution is 2.22. The molecule has 26 heavy (non-hydrogen) atoms. The third-order valence-corrected chi connectivity index (χ3v) is 3.73. The van der Waals surface area contributed by atoms with Crippen LogP contribution in [0.2, 0.25) is 0 Å². The summed E-state index contributed by atoms with van der Waals surface area (Å²) < 4.78 is 5.60. The summed E-state index contributed by atoms with van der Waals surface area (Å²) in [5.41, 5.74) is 8.65. The van der Waals surface area contributed by atoms with Crippen molar-refractivity contribution in [3.8, 4) is 17.1 Å². The lowest BCUT2D eigenvalue weighted by molar-refractivity contribution is 0.318. The fraction of sp³-hybridized carbons (Fsp3) is 0.167. The zero-order valence-electron chi connectivity index (χ0n) is 14.4. The molecule has 6 N–H and O–H groups in total. The van der Waals surface area contributed by atoms with Gasteiger partial charge in [0.25, 0.3) is 0 Å². The summed E-state index contributed by atoms with van der Waals surface area (Å²) in [6, 6.07) is 13.0. The van der Waals surface area contributed by atoms with E-state index in [4.69, 9.17) is 15.9 Å². The van der Waals surface area contributed by atoms with E-state index < -0.39 is 0 Å². The van der Waals surface area contributed by atoms with Crippen molar-refractivity contribution >= 4 is 23.5 Å². The highest BCUT2D eigenvalue weighted by atomic mass is 16.5. The van der Waals surface area contributed by atoms with E-state index in [-0.39, 0.29) is 0 Å². The van der Waals surface area contributed by atoms with E-state index in [1.165, 1.54) is 6.21 Å². The lowest BCUT2D eigenvalue weighted by Crippen LogP contribution is -2.15. The van der Waals surface area contributed by atoms with E-state index in [9.17, 15) is 0 Å². The second kappa shape index (κ2) is 8.13. The minimum atomic E-state index is 0.440. The summed E-state index contributed by atoms with van der Waals surface area (Å²) in [6.07, 6.45) is 1.21. The largest absolute Gasteiger partial charge is 0.492 e. The van der Waals surface area contributed by atoms with Gasteiger partial charge in [0, 0.05) is 35.3 Å². The molecule has 0 radical (unpaired) electrons. The zero-order valence-corrected chi connectivity index (χ0v) is 14.4. The standard InChI is InChI=1S/C18H21N7O/c1-21-8-9-26-15-5-2-12(3-6-15)17-23-18(25-24-17)22-14-4-7-16(20)13(10-14)11-19/h2-7,10-11,19,21H,8-9,20H2,1H3,(H2,22,23,24,25). The highest BCUT2D eigenvalue weighted by Gasteiger charge is 2.07. The van der Waals surface area contributed by atoms with Gasteiger partial charge in [-0.1, -0.05) is 0 Å². The van der Waals surface area contributed by atoms with E-state index in [1.54, 1.807) is 12.1 Å². The minimum absolute atomic E-state index is 0.440. The number of nitrogens with one attached hydrogen (secondary N) is 4. The van der Waals surface area contributed by atoms with Gasteiger partial charge in [0.1, 0.15) is 12.4 Å². The first-order valence-corrected chi connectivity index (χ1v) is 8.17. The lowest BCUT2D eigenvalue weighted by atomic mass is 10.2. The van der Waals surface area contributed by atoms with Crippen LogP contribution in [0.4, 0.5) is 17.3 Å². The second-order valence-corrected chi connectivity index (χ2v) is 5.60. The Morgan fingerprint density at radius 2 is 2.04 bits per heavy atom. The molecule has 0 saturated carbocycles. The first-order chi connectivity index (χ1) is 12.7. The molecule has 0 atom stereocenters. The summed E-state index contributed by atoms with van der Waals surface area (Å²) in [5, 5.41) is 20.6. The fourth-order valence-corrected chi connectivity index (χ4v) is 2.33. The number of nitrogens with two attached hydrogens (primary N) is 1. The second-order valence-electron chi connectivity index (χ2n) is 5.60. The molecule has 3 aromatic rings. The number of aromatic nitrogens is 3. The van der Waals surface area contributed by atoms with Gasteiger partial charge in [-0.2, -0.15) is 4.98 Å². The van der Waals surface area contributed by atoms with Crippen molar-refractivity contribution in [2.45, 2.75) is 0 Å². The maximum absolute atomic E-state index is 7.36. The number of likely N-dealkylation sites (N-methyl/N-ethyl adjacent to an activating group) is 1. The summed E-state index contributed by atoms with van der Waals surface area (Å²) >= 11 is 0. The first kappa shape index (κ1) is 17.4. The van der Waals surface area contributed by atoms with Gasteiger partial charge in [0.05, 0.1) is 0 Å². The molecule has 3 rings (SSSR count). The molecule has 2 aromatic carbocycles. The third kappa shape index (κ3) is 4.17. The third-order valence-electron chi connectivity index (χ3n) is 3.73. The number of nitrogen functional groups attached to an aromatic ring is 1. The molecule has 0 saturated heterocycles. The monoisotopic (exact) mass is 351 g/mol. The van der Waals surface area contributed by atoms with Crippen LogP contribution in [-0.4, -0.2) is 41.6 Å². The van der Waals surface area contributed by atoms with Gasteiger partial charge in [-0.25, -0.2) is 0 Å². The number of hydrogen-bond acceptors (Lipinski definition) is 7. The molecule has 0 fully saturated rings. The van der Waals surface area contributed by atoms with Crippen molar-refractivity contribution in [2.75, 3.05) is 31.2 Å². The molecular formula is C18H21N7O. The van der Waals surface area contributed by atoms with Crippen molar-refractivity contribution in [3.05, 3.63) is 48.0 Å². The molecule has 1 aromatic heterocycles. The molecule has 0 bridgehead atoms. The quantitative estimate of drug-likeness (QED) is 0.241. The minimum Gasteiger partial charge on any atom is -0.492 e. The van der Waals surface area contributed by atoms with Gasteiger partial charge in [-0.15, -0.1) is 5.10 Å². The maximum atomic E-state index is 7.36. The van der Waals surface area contributed by atoms with Crippen LogP contribution in [0.15, 0.2) is 42.5 Å². The maximum Gasteiger partial charge on any atom is 0.246 e. The predicted molar refractivity (Wildman–Crippen MR) is 103 cm³/mol. The van der Waals surface area contributed by atoms with Crippen LogP contribution in [-0.2, 0) is 0 Å². The topological polar surface area (TPSA) is 125 Å². The van der Waals surface area contributed by atoms with Gasteiger partial charge < -0.3 is 26.5 Å². The molecule has 8 heteroatoms. The smallest absolute Gasteiger partial charge is 0.246 e. The Balaban J connectivity index is 1.68. The Bertz CT molecular complexity index is 874. The van der Waals surface area contributed by atoms with E-state index in [2.05, 4.69) is 25.8 Å². The summed E-state index contributed by atoms with van der Waals surface area (Å²) in [6.45, 7) is 1.41. The van der Waals surface area contributed by atoms with Gasteiger partial charge in [-0.3, -0.25) is 5.10 Å². The zero-order chi connectivity index (χ0) is 18.4. The average Bonchev–Trinajstić information content (AvgIpc) is 3.12. The van der Waals surface area contributed by atoms with E-state index in [0.29, 0.717) is 29.6 Å². The van der Waals surface area contributed by atoms with E-state index in [1.807, 2.05) is 37.4 Å². The van der Waals surface area contributed by atoms with Crippen molar-refractivity contribution < 1.29 is 4.74 Å². The van der Waals surface area contributed by atoms with Crippen LogP contribution >= 0.6 is 0 Å². The van der Waals surface area contributed by atoms with Crippen molar-refractivity contribution in [2.24, 2.45) is 0 Å². The van der Waals surface area contributed by atoms with Crippen LogP contribution in [0.3, 0.4) is 0 Å². The molecule has 0 aliphatic carbocycles. The van der Waals surface area contributed by atoms with Crippen molar-refractivity contribution in [3.63, 3.8) is 0 Å². The molecular weight excluding hydrogens is 330 g/mol. The average molecular weight is 351 g/mol. The number of benzene rings is 2. The van der Waals surface area contributed by atoms with Crippen LogP contribution < -0.4 is 21.1 Å². The van der Waals surface area contributed by atoms with Crippen LogP contribution in [0, 0.1) is 5.41 Å². The van der Waals surface area contributed by atoms with Gasteiger partial charge in [0.2, 0.25) is 5.95 Å². The summed E-state index contributed by atoms with van der Waals surface area (Å²) in [7, 11) is 1.89. The number of hydrogen-bond donors (Lipinski definition) is 5. The Morgan fingerprint density at radius 3 is 2.77 bits per heavy atom. The van der Waals surface area contributed by atoms with Crippen molar-refractivity contribution in [1.82, 2.24) is 20.5 Å². The van der Waals surface area contributed by atoms with Gasteiger partial charge in [0.15, 0.2) is 5.82 Å². The SMILES string of the molecule is CNCCOc1ccc(-c2nc(Nc3ccc(N)c(C=N)c3)n[nH]2)cc1. The van der Waals surface area contributed by atoms with Gasteiger partial charge >= 0.3 is 0 Å². The molecule has 1 heterocycles. The first-order valence-electron chi connectivity index (χ1n) is 8.17. The molecule has 0 aliphatic heterocycles. The molecule has 0 aliphatic rings. The van der Waals surface area contributed by atoms with Crippen LogP contribution in [0.1, 0.15) is 5.56 Å². The molecule has 8 nitrogen and oxygen atoms in total. The Morgan fingerprint density at radius 1 is 1.23 bits per heavy atom. The number of H-pyrrole nitrogens is 1. The number of aromatic amines is 1. The van der Waals surface area contributed by atoms with Crippen LogP contribution in [0.25, 0.3) is 11.4 Å². The highest BCUT2D eigenvalue weighted by molar-refractivity contribution is 5.87. The normalized spacial score (nSPS) is 10.5. The fourth-order valence-electron chi connectivity index (χ4n) is 2.33.